The third-order valence-electron chi connectivity index (χ3n) is 5.07. The minimum absolute atomic E-state index is 0.112. The lowest BCUT2D eigenvalue weighted by Crippen LogP contribution is -2.50. The van der Waals surface area contributed by atoms with Crippen molar-refractivity contribution in [2.75, 3.05) is 19.6 Å². The zero-order valence-corrected chi connectivity index (χ0v) is 12.9. The van der Waals surface area contributed by atoms with Crippen molar-refractivity contribution < 1.29 is 14.3 Å². The van der Waals surface area contributed by atoms with Gasteiger partial charge in [0.1, 0.15) is 5.82 Å². The molecule has 2 unspecified atom stereocenters. The predicted molar refractivity (Wildman–Crippen MR) is 82.1 cm³/mol. The number of halogens is 1. The van der Waals surface area contributed by atoms with Crippen molar-refractivity contribution in [3.05, 3.63) is 35.6 Å². The van der Waals surface area contributed by atoms with Crippen molar-refractivity contribution in [2.24, 2.45) is 5.92 Å². The summed E-state index contributed by atoms with van der Waals surface area (Å²) in [5, 5.41) is 12.8. The van der Waals surface area contributed by atoms with Crippen LogP contribution in [0.2, 0.25) is 0 Å². The van der Waals surface area contributed by atoms with Crippen LogP contribution >= 0.6 is 0 Å². The normalized spacial score (nSPS) is 26.6. The molecule has 1 saturated heterocycles. The molecule has 2 atom stereocenters. The van der Waals surface area contributed by atoms with Gasteiger partial charge in [0.15, 0.2) is 0 Å². The number of amides is 2. The van der Waals surface area contributed by atoms with Crippen LogP contribution in [0.1, 0.15) is 31.7 Å². The maximum Gasteiger partial charge on any atom is 0.317 e. The first-order valence-electron chi connectivity index (χ1n) is 7.97. The number of urea groups is 1. The second kappa shape index (κ2) is 5.88. The maximum atomic E-state index is 13.4. The lowest BCUT2D eigenvalue weighted by molar-refractivity contribution is 0.0435. The third-order valence-corrected chi connectivity index (χ3v) is 5.07. The van der Waals surface area contributed by atoms with E-state index >= 15 is 0 Å². The van der Waals surface area contributed by atoms with Crippen LogP contribution in [-0.4, -0.2) is 41.8 Å². The van der Waals surface area contributed by atoms with Gasteiger partial charge in [0, 0.05) is 25.0 Å². The van der Waals surface area contributed by atoms with E-state index in [0.717, 1.165) is 24.8 Å². The van der Waals surface area contributed by atoms with Crippen molar-refractivity contribution in [3.8, 4) is 0 Å². The number of carbonyl (C=O) groups excluding carboxylic acids is 1. The Kier molecular flexibility index (Phi) is 4.08. The van der Waals surface area contributed by atoms with E-state index in [1.165, 1.54) is 6.07 Å². The topological polar surface area (TPSA) is 52.6 Å². The van der Waals surface area contributed by atoms with Gasteiger partial charge in [-0.3, -0.25) is 0 Å². The van der Waals surface area contributed by atoms with E-state index in [1.54, 1.807) is 17.0 Å². The number of benzene rings is 1. The van der Waals surface area contributed by atoms with Gasteiger partial charge in [-0.25, -0.2) is 9.18 Å². The van der Waals surface area contributed by atoms with E-state index in [0.29, 0.717) is 19.6 Å². The number of likely N-dealkylation sites (tertiary alicyclic amines) is 1. The summed E-state index contributed by atoms with van der Waals surface area (Å²) in [5.41, 5.74) is 0.847. The van der Waals surface area contributed by atoms with E-state index in [2.05, 4.69) is 5.32 Å². The number of hydrogen-bond acceptors (Lipinski definition) is 2. The first kappa shape index (κ1) is 15.3. The van der Waals surface area contributed by atoms with Gasteiger partial charge in [-0.15, -0.1) is 0 Å². The molecule has 1 aliphatic carbocycles. The van der Waals surface area contributed by atoms with E-state index in [-0.39, 0.29) is 23.2 Å². The summed E-state index contributed by atoms with van der Waals surface area (Å²) < 4.78 is 13.4. The average Bonchev–Trinajstić information content (AvgIpc) is 3.29. The summed E-state index contributed by atoms with van der Waals surface area (Å²) in [6.07, 6.45) is 2.31. The first-order chi connectivity index (χ1) is 10.5. The van der Waals surface area contributed by atoms with Crippen LogP contribution < -0.4 is 5.32 Å². The second-order valence-electron chi connectivity index (χ2n) is 6.73. The standard InChI is InChI=1S/C17H23FN2O2/c1-12-5-8-20(10-15(12)21)16(22)19-11-17(6-7-17)13-3-2-4-14(18)9-13/h2-4,9,12,15,21H,5-8,10-11H2,1H3,(H,19,22). The molecule has 0 spiro atoms. The van der Waals surface area contributed by atoms with Crippen LogP contribution in [-0.2, 0) is 5.41 Å². The molecule has 4 nitrogen and oxygen atoms in total. The van der Waals surface area contributed by atoms with Crippen LogP contribution in [0, 0.1) is 11.7 Å². The zero-order valence-electron chi connectivity index (χ0n) is 12.9. The predicted octanol–water partition coefficient (Wildman–Crippen LogP) is 2.27. The largest absolute Gasteiger partial charge is 0.391 e. The summed E-state index contributed by atoms with van der Waals surface area (Å²) in [6.45, 7) is 3.59. The smallest absolute Gasteiger partial charge is 0.317 e. The number of hydrogen-bond donors (Lipinski definition) is 2. The molecule has 1 aromatic carbocycles. The zero-order chi connectivity index (χ0) is 15.7. The molecular weight excluding hydrogens is 283 g/mol. The van der Waals surface area contributed by atoms with Gasteiger partial charge in [0.2, 0.25) is 0 Å². The number of nitrogens with one attached hydrogen (secondary N) is 1. The van der Waals surface area contributed by atoms with Crippen LogP contribution in [0.4, 0.5) is 9.18 Å². The lowest BCUT2D eigenvalue weighted by Gasteiger charge is -2.34. The molecule has 5 heteroatoms. The Morgan fingerprint density at radius 2 is 2.27 bits per heavy atom. The van der Waals surface area contributed by atoms with Crippen molar-refractivity contribution in [1.29, 1.82) is 0 Å². The average molecular weight is 306 g/mol. The van der Waals surface area contributed by atoms with E-state index in [4.69, 9.17) is 0 Å². The minimum atomic E-state index is -0.447. The Labute approximate surface area is 130 Å². The molecule has 0 radical (unpaired) electrons. The number of β-amino-alcohol motifs (C(OH)–C–C–N with tert-alkyl or cyclic N) is 1. The highest BCUT2D eigenvalue weighted by Gasteiger charge is 2.44. The third kappa shape index (κ3) is 3.09. The Hall–Kier alpha value is -1.62. The molecule has 2 aliphatic rings. The van der Waals surface area contributed by atoms with Gasteiger partial charge in [-0.05, 0) is 42.9 Å². The molecule has 2 N–H and O–H groups in total. The first-order valence-corrected chi connectivity index (χ1v) is 7.97. The fourth-order valence-corrected chi connectivity index (χ4v) is 3.13. The minimum Gasteiger partial charge on any atom is -0.391 e. The molecule has 1 heterocycles. The molecule has 3 rings (SSSR count). The Morgan fingerprint density at radius 3 is 2.91 bits per heavy atom. The van der Waals surface area contributed by atoms with Crippen molar-refractivity contribution >= 4 is 6.03 Å². The van der Waals surface area contributed by atoms with Gasteiger partial charge >= 0.3 is 6.03 Å². The number of rotatable bonds is 3. The summed E-state index contributed by atoms with van der Waals surface area (Å²) in [5.74, 6) is 0.00867. The van der Waals surface area contributed by atoms with Gasteiger partial charge in [0.05, 0.1) is 6.10 Å². The van der Waals surface area contributed by atoms with Gasteiger partial charge < -0.3 is 15.3 Å². The van der Waals surface area contributed by atoms with Crippen molar-refractivity contribution in [2.45, 2.75) is 37.7 Å². The molecule has 22 heavy (non-hydrogen) atoms. The van der Waals surface area contributed by atoms with Gasteiger partial charge in [-0.2, -0.15) is 0 Å². The second-order valence-corrected chi connectivity index (χ2v) is 6.73. The molecule has 0 aromatic heterocycles. The molecule has 0 bridgehead atoms. The van der Waals surface area contributed by atoms with Gasteiger partial charge in [-0.1, -0.05) is 19.1 Å². The molecule has 1 aliphatic heterocycles. The SMILES string of the molecule is CC1CCN(C(=O)NCC2(c3cccc(F)c3)CC2)CC1O. The summed E-state index contributed by atoms with van der Waals surface area (Å²) >= 11 is 0. The molecule has 2 amide bonds. The molecular formula is C17H23FN2O2. The molecule has 2 fully saturated rings. The fourth-order valence-electron chi connectivity index (χ4n) is 3.13. The van der Waals surface area contributed by atoms with Crippen molar-refractivity contribution in [1.82, 2.24) is 10.2 Å². The van der Waals surface area contributed by atoms with E-state index in [9.17, 15) is 14.3 Å². The van der Waals surface area contributed by atoms with Crippen LogP contribution in [0.5, 0.6) is 0 Å². The van der Waals surface area contributed by atoms with Crippen LogP contribution in [0.3, 0.4) is 0 Å². The quantitative estimate of drug-likeness (QED) is 0.900. The summed E-state index contributed by atoms with van der Waals surface area (Å²) in [4.78, 5) is 13.9. The number of piperidine rings is 1. The highest BCUT2D eigenvalue weighted by atomic mass is 19.1. The molecule has 120 valence electrons. The summed E-state index contributed by atoms with van der Waals surface area (Å²) in [7, 11) is 0. The number of aliphatic hydroxyl groups is 1. The fraction of sp³-hybridized carbons (Fsp3) is 0.588. The Balaban J connectivity index is 1.57. The van der Waals surface area contributed by atoms with E-state index < -0.39 is 6.10 Å². The lowest BCUT2D eigenvalue weighted by atomic mass is 9.95. The summed E-state index contributed by atoms with van der Waals surface area (Å²) in [6, 6.07) is 6.51. The highest BCUT2D eigenvalue weighted by molar-refractivity contribution is 5.74. The van der Waals surface area contributed by atoms with Crippen molar-refractivity contribution in [3.63, 3.8) is 0 Å². The molecule has 1 saturated carbocycles. The van der Waals surface area contributed by atoms with E-state index in [1.807, 2.05) is 13.0 Å². The number of carbonyl (C=O) groups is 1. The van der Waals surface area contributed by atoms with Crippen LogP contribution in [0.25, 0.3) is 0 Å². The molecule has 1 aromatic rings. The highest BCUT2D eigenvalue weighted by Crippen LogP contribution is 2.47. The van der Waals surface area contributed by atoms with Crippen LogP contribution in [0.15, 0.2) is 24.3 Å². The van der Waals surface area contributed by atoms with Gasteiger partial charge in [0.25, 0.3) is 0 Å². The Morgan fingerprint density at radius 1 is 1.50 bits per heavy atom. The monoisotopic (exact) mass is 306 g/mol. The Bertz CT molecular complexity index is 559. The number of nitrogens with zero attached hydrogens (tertiary/aromatic N) is 1. The number of aliphatic hydroxyl groups excluding tert-OH is 1. The maximum absolute atomic E-state index is 13.4.